The largest absolute Gasteiger partial charge is 0.369 e. The molecule has 1 rings (SSSR count). The Morgan fingerprint density at radius 3 is 3.29 bits per heavy atom. The highest BCUT2D eigenvalue weighted by molar-refractivity contribution is 5.04. The summed E-state index contributed by atoms with van der Waals surface area (Å²) >= 11 is 0. The Kier molecular flexibility index (Phi) is 4.96. The first kappa shape index (κ1) is 10.9. The minimum absolute atomic E-state index is 0.450. The molecule has 0 atom stereocenters. The van der Waals surface area contributed by atoms with Crippen LogP contribution in [-0.2, 0) is 17.9 Å². The highest BCUT2D eigenvalue weighted by Crippen LogP contribution is 2.04. The average molecular weight is 196 g/mol. The van der Waals surface area contributed by atoms with Crippen LogP contribution in [0.4, 0.5) is 0 Å². The van der Waals surface area contributed by atoms with Crippen LogP contribution in [0.1, 0.15) is 18.4 Å². The smallest absolute Gasteiger partial charge is 0.162 e. The molecule has 0 fully saturated rings. The molecule has 0 aliphatic rings. The van der Waals surface area contributed by atoms with Crippen LogP contribution in [0.5, 0.6) is 0 Å². The van der Waals surface area contributed by atoms with Gasteiger partial charge in [0.2, 0.25) is 0 Å². The molecular weight excluding hydrogens is 180 g/mol. The first-order valence-corrected chi connectivity index (χ1v) is 4.70. The van der Waals surface area contributed by atoms with Crippen LogP contribution in [0.2, 0.25) is 0 Å². The Labute approximate surface area is 83.9 Å². The van der Waals surface area contributed by atoms with Gasteiger partial charge in [0.15, 0.2) is 5.76 Å². The lowest BCUT2D eigenvalue weighted by Crippen LogP contribution is -2.11. The molecule has 78 valence electrons. The van der Waals surface area contributed by atoms with Gasteiger partial charge in [-0.1, -0.05) is 18.2 Å². The summed E-state index contributed by atoms with van der Waals surface area (Å²) in [5, 5.41) is 7.05. The molecule has 14 heavy (non-hydrogen) atoms. The Bertz CT molecular complexity index is 271. The minimum Gasteiger partial charge on any atom is -0.369 e. The lowest BCUT2D eigenvalue weighted by atomic mass is 10.3. The molecule has 0 bridgehead atoms. The lowest BCUT2D eigenvalue weighted by Gasteiger charge is -1.94. The summed E-state index contributed by atoms with van der Waals surface area (Å²) in [7, 11) is 0. The van der Waals surface area contributed by atoms with Gasteiger partial charge in [-0.2, -0.15) is 0 Å². The van der Waals surface area contributed by atoms with Gasteiger partial charge in [-0.05, 0) is 6.54 Å². The van der Waals surface area contributed by atoms with Crippen molar-refractivity contribution < 1.29 is 9.26 Å². The molecule has 4 heteroatoms. The molecule has 0 spiro atoms. The zero-order valence-corrected chi connectivity index (χ0v) is 8.45. The zero-order valence-electron chi connectivity index (χ0n) is 8.45. The summed E-state index contributed by atoms with van der Waals surface area (Å²) in [6.07, 6.45) is 1.70. The van der Waals surface area contributed by atoms with E-state index in [0.717, 1.165) is 24.5 Å². The summed E-state index contributed by atoms with van der Waals surface area (Å²) in [5.74, 6) is 0.750. The normalized spacial score (nSPS) is 10.4. The summed E-state index contributed by atoms with van der Waals surface area (Å²) in [6, 6.07) is 1.89. The highest BCUT2D eigenvalue weighted by Gasteiger charge is 2.02. The molecule has 1 heterocycles. The van der Waals surface area contributed by atoms with Crippen LogP contribution in [0.25, 0.3) is 0 Å². The predicted molar refractivity (Wildman–Crippen MR) is 53.7 cm³/mol. The number of nitrogens with one attached hydrogen (secondary N) is 1. The van der Waals surface area contributed by atoms with Crippen LogP contribution < -0.4 is 5.32 Å². The molecule has 0 radical (unpaired) electrons. The van der Waals surface area contributed by atoms with Gasteiger partial charge in [0.1, 0.15) is 6.61 Å². The maximum Gasteiger partial charge on any atom is 0.162 e. The van der Waals surface area contributed by atoms with Gasteiger partial charge in [0, 0.05) is 12.6 Å². The fourth-order valence-corrected chi connectivity index (χ4v) is 1.00. The van der Waals surface area contributed by atoms with Gasteiger partial charge >= 0.3 is 0 Å². The van der Waals surface area contributed by atoms with E-state index in [9.17, 15) is 0 Å². The van der Waals surface area contributed by atoms with Gasteiger partial charge in [0.25, 0.3) is 0 Å². The third-order valence-electron chi connectivity index (χ3n) is 1.64. The van der Waals surface area contributed by atoms with Gasteiger partial charge in [-0.3, -0.25) is 0 Å². The lowest BCUT2D eigenvalue weighted by molar-refractivity contribution is 0.125. The quantitative estimate of drug-likeness (QED) is 0.530. The van der Waals surface area contributed by atoms with Crippen LogP contribution >= 0.6 is 0 Å². The van der Waals surface area contributed by atoms with E-state index in [-0.39, 0.29) is 0 Å². The van der Waals surface area contributed by atoms with E-state index >= 15 is 0 Å². The van der Waals surface area contributed by atoms with Gasteiger partial charge < -0.3 is 14.6 Å². The molecule has 4 nitrogen and oxygen atoms in total. The fraction of sp³-hybridized carbons (Fsp3) is 0.500. The van der Waals surface area contributed by atoms with Gasteiger partial charge in [-0.15, -0.1) is 6.58 Å². The standard InChI is InChI=1S/C10H16N2O2/c1-3-5-13-8-10-6-9(12-14-10)7-11-4-2/h3,6,11H,1,4-5,7-8H2,2H3. The maximum atomic E-state index is 5.21. The van der Waals surface area contributed by atoms with E-state index in [1.165, 1.54) is 0 Å². The van der Waals surface area contributed by atoms with Crippen molar-refractivity contribution in [3.63, 3.8) is 0 Å². The minimum atomic E-state index is 0.450. The molecule has 1 aromatic heterocycles. The second-order valence-electron chi connectivity index (χ2n) is 2.87. The highest BCUT2D eigenvalue weighted by atomic mass is 16.5. The SMILES string of the molecule is C=CCOCc1cc(CNCC)no1. The number of hydrogen-bond donors (Lipinski definition) is 1. The molecule has 1 N–H and O–H groups in total. The summed E-state index contributed by atoms with van der Waals surface area (Å²) < 4.78 is 10.3. The predicted octanol–water partition coefficient (Wildman–Crippen LogP) is 1.49. The number of nitrogens with zero attached hydrogens (tertiary/aromatic N) is 1. The van der Waals surface area contributed by atoms with E-state index in [1.807, 2.05) is 13.0 Å². The van der Waals surface area contributed by atoms with Crippen molar-refractivity contribution in [1.82, 2.24) is 10.5 Å². The van der Waals surface area contributed by atoms with Gasteiger partial charge in [-0.25, -0.2) is 0 Å². The molecule has 0 aliphatic carbocycles. The van der Waals surface area contributed by atoms with E-state index in [2.05, 4.69) is 17.1 Å². The molecule has 1 aromatic rings. The van der Waals surface area contributed by atoms with E-state index in [0.29, 0.717) is 13.2 Å². The van der Waals surface area contributed by atoms with Crippen molar-refractivity contribution >= 4 is 0 Å². The number of ether oxygens (including phenoxy) is 1. The average Bonchev–Trinajstić information content (AvgIpc) is 2.63. The van der Waals surface area contributed by atoms with Crippen molar-refractivity contribution in [2.45, 2.75) is 20.1 Å². The fourth-order valence-electron chi connectivity index (χ4n) is 1.00. The molecular formula is C10H16N2O2. The topological polar surface area (TPSA) is 47.3 Å². The van der Waals surface area contributed by atoms with Crippen LogP contribution in [0.15, 0.2) is 23.2 Å². The number of rotatable bonds is 7. The second-order valence-corrected chi connectivity index (χ2v) is 2.87. The molecule has 0 unspecified atom stereocenters. The number of aromatic nitrogens is 1. The van der Waals surface area contributed by atoms with Crippen LogP contribution in [0, 0.1) is 0 Å². The van der Waals surface area contributed by atoms with Gasteiger partial charge in [0.05, 0.1) is 12.3 Å². The molecule has 0 saturated heterocycles. The molecule has 0 aliphatic heterocycles. The Hall–Kier alpha value is -1.13. The zero-order chi connectivity index (χ0) is 10.2. The van der Waals surface area contributed by atoms with Crippen molar-refractivity contribution in [2.75, 3.05) is 13.2 Å². The van der Waals surface area contributed by atoms with Crippen molar-refractivity contribution in [3.8, 4) is 0 Å². The summed E-state index contributed by atoms with van der Waals surface area (Å²) in [5.41, 5.74) is 0.907. The Balaban J connectivity index is 2.31. The third kappa shape index (κ3) is 3.72. The summed E-state index contributed by atoms with van der Waals surface area (Å²) in [4.78, 5) is 0. The van der Waals surface area contributed by atoms with Crippen LogP contribution in [0.3, 0.4) is 0 Å². The van der Waals surface area contributed by atoms with E-state index in [1.54, 1.807) is 6.08 Å². The maximum absolute atomic E-state index is 5.21. The molecule has 0 saturated carbocycles. The van der Waals surface area contributed by atoms with Crippen molar-refractivity contribution in [3.05, 3.63) is 30.2 Å². The Morgan fingerprint density at radius 1 is 1.71 bits per heavy atom. The molecule has 0 aromatic carbocycles. The van der Waals surface area contributed by atoms with Crippen LogP contribution in [-0.4, -0.2) is 18.3 Å². The van der Waals surface area contributed by atoms with Crippen molar-refractivity contribution in [1.29, 1.82) is 0 Å². The van der Waals surface area contributed by atoms with Crippen molar-refractivity contribution in [2.24, 2.45) is 0 Å². The van der Waals surface area contributed by atoms with E-state index in [4.69, 9.17) is 9.26 Å². The molecule has 0 amide bonds. The Morgan fingerprint density at radius 2 is 2.57 bits per heavy atom. The first-order valence-electron chi connectivity index (χ1n) is 4.70. The summed E-state index contributed by atoms with van der Waals surface area (Å²) in [6.45, 7) is 8.25. The first-order chi connectivity index (χ1) is 6.86. The second kappa shape index (κ2) is 6.34. The third-order valence-corrected chi connectivity index (χ3v) is 1.64. The monoisotopic (exact) mass is 196 g/mol. The van der Waals surface area contributed by atoms with E-state index < -0.39 is 0 Å². The number of hydrogen-bond acceptors (Lipinski definition) is 4.